The Hall–Kier alpha value is -2.41. The van der Waals surface area contributed by atoms with Crippen LogP contribution in [0.2, 0.25) is 0 Å². The van der Waals surface area contributed by atoms with Gasteiger partial charge in [0.1, 0.15) is 0 Å². The van der Waals surface area contributed by atoms with Gasteiger partial charge in [0.15, 0.2) is 0 Å². The van der Waals surface area contributed by atoms with Gasteiger partial charge in [0.25, 0.3) is 0 Å². The molecular formula is C19H17F3N2OS. The summed E-state index contributed by atoms with van der Waals surface area (Å²) in [6.07, 6.45) is -2.58. The summed E-state index contributed by atoms with van der Waals surface area (Å²) in [6.45, 7) is 0.220. The molecule has 0 saturated heterocycles. The monoisotopic (exact) mass is 378 g/mol. The Morgan fingerprint density at radius 3 is 2.50 bits per heavy atom. The van der Waals surface area contributed by atoms with E-state index >= 15 is 0 Å². The summed E-state index contributed by atoms with van der Waals surface area (Å²) < 4.78 is 38.7. The first kappa shape index (κ1) is 18.4. The highest BCUT2D eigenvalue weighted by molar-refractivity contribution is 7.18. The summed E-state index contributed by atoms with van der Waals surface area (Å²) in [5.41, 5.74) is 0.917. The summed E-state index contributed by atoms with van der Waals surface area (Å²) >= 11 is 1.63. The van der Waals surface area contributed by atoms with Crippen LogP contribution < -0.4 is 5.32 Å². The molecule has 0 radical (unpaired) electrons. The van der Waals surface area contributed by atoms with E-state index in [4.69, 9.17) is 0 Å². The van der Waals surface area contributed by atoms with Crippen molar-refractivity contribution in [3.8, 4) is 0 Å². The number of carbonyl (C=O) groups excluding carboxylic acids is 1. The average molecular weight is 378 g/mol. The average Bonchev–Trinajstić information content (AvgIpc) is 3.02. The molecule has 2 aromatic carbocycles. The molecule has 0 aliphatic heterocycles. The molecule has 0 aliphatic carbocycles. The first-order valence-corrected chi connectivity index (χ1v) is 9.01. The van der Waals surface area contributed by atoms with Crippen LogP contribution in [0.5, 0.6) is 0 Å². The van der Waals surface area contributed by atoms with Gasteiger partial charge in [0.05, 0.1) is 20.8 Å². The van der Waals surface area contributed by atoms with Crippen LogP contribution in [0.3, 0.4) is 0 Å². The lowest BCUT2D eigenvalue weighted by Gasteiger charge is -2.08. The Balaban J connectivity index is 1.42. The topological polar surface area (TPSA) is 42.0 Å². The van der Waals surface area contributed by atoms with Crippen LogP contribution in [0.15, 0.2) is 48.5 Å². The minimum Gasteiger partial charge on any atom is -0.352 e. The van der Waals surface area contributed by atoms with E-state index in [9.17, 15) is 18.0 Å². The summed E-state index contributed by atoms with van der Waals surface area (Å²) in [5, 5.41) is 3.73. The SMILES string of the molecule is O=C(CCCc1nc2ccccc2s1)NCc1ccc(C(F)(F)F)cc1. The van der Waals surface area contributed by atoms with Crippen LogP contribution in [0.1, 0.15) is 29.0 Å². The molecule has 7 heteroatoms. The van der Waals surface area contributed by atoms with E-state index in [1.54, 1.807) is 11.3 Å². The Kier molecular flexibility index (Phi) is 5.56. The summed E-state index contributed by atoms with van der Waals surface area (Å²) in [6, 6.07) is 12.7. The molecule has 1 heterocycles. The van der Waals surface area contributed by atoms with Crippen molar-refractivity contribution < 1.29 is 18.0 Å². The van der Waals surface area contributed by atoms with Crippen molar-refractivity contribution in [3.05, 3.63) is 64.7 Å². The third kappa shape index (κ3) is 4.82. The smallest absolute Gasteiger partial charge is 0.352 e. The zero-order valence-corrected chi connectivity index (χ0v) is 14.7. The number of aryl methyl sites for hydroxylation is 1. The van der Waals surface area contributed by atoms with Crippen LogP contribution in [0, 0.1) is 0 Å². The minimum atomic E-state index is -4.34. The second-order valence-electron chi connectivity index (χ2n) is 5.90. The van der Waals surface area contributed by atoms with Crippen LogP contribution in [-0.2, 0) is 23.9 Å². The lowest BCUT2D eigenvalue weighted by molar-refractivity contribution is -0.137. The number of para-hydroxylation sites is 1. The predicted molar refractivity (Wildman–Crippen MR) is 95.8 cm³/mol. The molecule has 3 aromatic rings. The maximum absolute atomic E-state index is 12.5. The number of thiazole rings is 1. The van der Waals surface area contributed by atoms with Crippen molar-refractivity contribution in [2.24, 2.45) is 0 Å². The number of alkyl halides is 3. The number of amides is 1. The lowest BCUT2D eigenvalue weighted by atomic mass is 10.1. The Morgan fingerprint density at radius 2 is 1.81 bits per heavy atom. The maximum Gasteiger partial charge on any atom is 0.416 e. The summed E-state index contributed by atoms with van der Waals surface area (Å²) in [5.74, 6) is -0.119. The highest BCUT2D eigenvalue weighted by atomic mass is 32.1. The quantitative estimate of drug-likeness (QED) is 0.659. The molecule has 0 bridgehead atoms. The molecular weight excluding hydrogens is 361 g/mol. The van der Waals surface area contributed by atoms with Crippen molar-refractivity contribution in [2.45, 2.75) is 32.0 Å². The molecule has 1 amide bonds. The van der Waals surface area contributed by atoms with Gasteiger partial charge in [-0.25, -0.2) is 4.98 Å². The van der Waals surface area contributed by atoms with Crippen LogP contribution in [0.4, 0.5) is 13.2 Å². The summed E-state index contributed by atoms with van der Waals surface area (Å²) in [4.78, 5) is 16.4. The number of nitrogens with zero attached hydrogens (tertiary/aromatic N) is 1. The normalized spacial score (nSPS) is 11.7. The van der Waals surface area contributed by atoms with Gasteiger partial charge >= 0.3 is 6.18 Å². The maximum atomic E-state index is 12.5. The third-order valence-electron chi connectivity index (χ3n) is 3.90. The Labute approximate surface area is 152 Å². The van der Waals surface area contributed by atoms with Gasteiger partial charge in [0, 0.05) is 13.0 Å². The van der Waals surface area contributed by atoms with E-state index in [1.165, 1.54) is 12.1 Å². The Morgan fingerprint density at radius 1 is 1.08 bits per heavy atom. The second kappa shape index (κ2) is 7.86. The largest absolute Gasteiger partial charge is 0.416 e. The first-order chi connectivity index (χ1) is 12.4. The Bertz CT molecular complexity index is 855. The molecule has 26 heavy (non-hydrogen) atoms. The standard InChI is InChI=1S/C19H17F3N2OS/c20-19(21,22)14-10-8-13(9-11-14)12-23-17(25)6-3-7-18-24-15-4-1-2-5-16(15)26-18/h1-2,4-5,8-11H,3,6-7,12H2,(H,23,25). The van der Waals surface area contributed by atoms with Crippen molar-refractivity contribution in [3.63, 3.8) is 0 Å². The molecule has 136 valence electrons. The number of benzene rings is 2. The number of carbonyl (C=O) groups is 1. The fraction of sp³-hybridized carbons (Fsp3) is 0.263. The van der Waals surface area contributed by atoms with Gasteiger partial charge in [-0.2, -0.15) is 13.2 Å². The molecule has 1 N–H and O–H groups in total. The van der Waals surface area contributed by atoms with E-state index in [1.807, 2.05) is 24.3 Å². The molecule has 0 unspecified atom stereocenters. The predicted octanol–water partition coefficient (Wildman–Crippen LogP) is 4.95. The fourth-order valence-electron chi connectivity index (χ4n) is 2.53. The molecule has 3 nitrogen and oxygen atoms in total. The van der Waals surface area contributed by atoms with E-state index in [0.29, 0.717) is 18.4 Å². The molecule has 0 fully saturated rings. The van der Waals surface area contributed by atoms with E-state index in [0.717, 1.165) is 33.8 Å². The highest BCUT2D eigenvalue weighted by Crippen LogP contribution is 2.29. The number of nitrogens with one attached hydrogen (secondary N) is 1. The van der Waals surface area contributed by atoms with Crippen LogP contribution in [-0.4, -0.2) is 10.9 Å². The zero-order valence-electron chi connectivity index (χ0n) is 13.8. The number of aromatic nitrogens is 1. The van der Waals surface area contributed by atoms with Gasteiger partial charge in [-0.05, 0) is 42.7 Å². The summed E-state index contributed by atoms with van der Waals surface area (Å²) in [7, 11) is 0. The number of halogens is 3. The van der Waals surface area contributed by atoms with Gasteiger partial charge < -0.3 is 5.32 Å². The molecule has 0 aliphatic rings. The van der Waals surface area contributed by atoms with Crippen LogP contribution >= 0.6 is 11.3 Å². The van der Waals surface area contributed by atoms with Crippen molar-refractivity contribution in [1.29, 1.82) is 0 Å². The molecule has 0 atom stereocenters. The molecule has 0 spiro atoms. The first-order valence-electron chi connectivity index (χ1n) is 8.19. The number of fused-ring (bicyclic) bond motifs is 1. The van der Waals surface area contributed by atoms with E-state index in [-0.39, 0.29) is 12.5 Å². The van der Waals surface area contributed by atoms with Gasteiger partial charge in [-0.15, -0.1) is 11.3 Å². The van der Waals surface area contributed by atoms with Crippen molar-refractivity contribution in [2.75, 3.05) is 0 Å². The minimum absolute atomic E-state index is 0.119. The van der Waals surface area contributed by atoms with E-state index < -0.39 is 11.7 Å². The van der Waals surface area contributed by atoms with Gasteiger partial charge in [-0.1, -0.05) is 24.3 Å². The number of hydrogen-bond donors (Lipinski definition) is 1. The highest BCUT2D eigenvalue weighted by Gasteiger charge is 2.29. The van der Waals surface area contributed by atoms with Crippen molar-refractivity contribution in [1.82, 2.24) is 10.3 Å². The number of hydrogen-bond acceptors (Lipinski definition) is 3. The second-order valence-corrected chi connectivity index (χ2v) is 7.02. The van der Waals surface area contributed by atoms with Crippen LogP contribution in [0.25, 0.3) is 10.2 Å². The zero-order chi connectivity index (χ0) is 18.6. The van der Waals surface area contributed by atoms with E-state index in [2.05, 4.69) is 10.3 Å². The van der Waals surface area contributed by atoms with Gasteiger partial charge in [-0.3, -0.25) is 4.79 Å². The van der Waals surface area contributed by atoms with Crippen molar-refractivity contribution >= 4 is 27.5 Å². The third-order valence-corrected chi connectivity index (χ3v) is 5.00. The molecule has 0 saturated carbocycles. The fourth-order valence-corrected chi connectivity index (χ4v) is 3.54. The lowest BCUT2D eigenvalue weighted by Crippen LogP contribution is -2.22. The number of rotatable bonds is 6. The van der Waals surface area contributed by atoms with Gasteiger partial charge in [0.2, 0.25) is 5.91 Å². The molecule has 3 rings (SSSR count). The molecule has 1 aromatic heterocycles.